The summed E-state index contributed by atoms with van der Waals surface area (Å²) in [6.07, 6.45) is 1.27. The lowest BCUT2D eigenvalue weighted by molar-refractivity contribution is 0.0348. The van der Waals surface area contributed by atoms with Gasteiger partial charge in [-0.2, -0.15) is 5.10 Å². The van der Waals surface area contributed by atoms with E-state index < -0.39 is 12.2 Å². The molecule has 7 heteroatoms. The molecule has 0 bridgehead atoms. The maximum atomic E-state index is 13.3. The molecule has 0 radical (unpaired) electrons. The number of nitrogens with zero attached hydrogens (tertiary/aromatic N) is 3. The van der Waals surface area contributed by atoms with E-state index in [0.29, 0.717) is 37.4 Å². The largest absolute Gasteiger partial charge is 0.488 e. The Morgan fingerprint density at radius 2 is 2.12 bits per heavy atom. The summed E-state index contributed by atoms with van der Waals surface area (Å²) in [7, 11) is 1.72. The van der Waals surface area contributed by atoms with Crippen LogP contribution in [0.2, 0.25) is 0 Å². The Morgan fingerprint density at radius 1 is 1.33 bits per heavy atom. The second-order valence-electron chi connectivity index (χ2n) is 5.89. The predicted octanol–water partition coefficient (Wildman–Crippen LogP) is 1.60. The van der Waals surface area contributed by atoms with Gasteiger partial charge in [-0.3, -0.25) is 9.48 Å². The molecule has 1 amide bonds. The van der Waals surface area contributed by atoms with Crippen LogP contribution < -0.4 is 4.74 Å². The van der Waals surface area contributed by atoms with E-state index in [9.17, 15) is 14.3 Å². The molecule has 1 aliphatic rings. The Morgan fingerprint density at radius 3 is 2.83 bits per heavy atom. The van der Waals surface area contributed by atoms with Gasteiger partial charge in [-0.1, -0.05) is 6.07 Å². The van der Waals surface area contributed by atoms with E-state index in [2.05, 4.69) is 5.10 Å². The third-order valence-corrected chi connectivity index (χ3v) is 4.22. The summed E-state index contributed by atoms with van der Waals surface area (Å²) in [5, 5.41) is 14.3. The molecule has 0 spiro atoms. The van der Waals surface area contributed by atoms with Gasteiger partial charge in [0.05, 0.1) is 6.10 Å². The van der Waals surface area contributed by atoms with Crippen LogP contribution in [0.4, 0.5) is 4.39 Å². The van der Waals surface area contributed by atoms with Crippen LogP contribution in [0.1, 0.15) is 23.3 Å². The molecule has 3 rings (SSSR count). The molecule has 2 heterocycles. The van der Waals surface area contributed by atoms with Gasteiger partial charge in [0.15, 0.2) is 0 Å². The Labute approximate surface area is 139 Å². The fourth-order valence-electron chi connectivity index (χ4n) is 2.86. The van der Waals surface area contributed by atoms with Crippen LogP contribution in [0.25, 0.3) is 0 Å². The Bertz CT molecular complexity index is 719. The number of hydrogen-bond acceptors (Lipinski definition) is 4. The average molecular weight is 333 g/mol. The lowest BCUT2D eigenvalue weighted by Crippen LogP contribution is -2.33. The van der Waals surface area contributed by atoms with Gasteiger partial charge in [-0.25, -0.2) is 4.39 Å². The minimum atomic E-state index is -0.711. The summed E-state index contributed by atoms with van der Waals surface area (Å²) in [5.74, 6) is -0.123. The van der Waals surface area contributed by atoms with Crippen molar-refractivity contribution >= 4 is 5.91 Å². The van der Waals surface area contributed by atoms with Crippen LogP contribution in [0.5, 0.6) is 5.75 Å². The van der Waals surface area contributed by atoms with Crippen LogP contribution in [0, 0.1) is 5.82 Å². The molecule has 1 fully saturated rings. The second-order valence-corrected chi connectivity index (χ2v) is 5.89. The van der Waals surface area contributed by atoms with Crippen LogP contribution in [0.15, 0.2) is 36.5 Å². The molecular weight excluding hydrogens is 313 g/mol. The van der Waals surface area contributed by atoms with Crippen molar-refractivity contribution in [2.75, 3.05) is 13.1 Å². The minimum absolute atomic E-state index is 0.117. The van der Waals surface area contributed by atoms with Gasteiger partial charge in [0.1, 0.15) is 23.4 Å². The predicted molar refractivity (Wildman–Crippen MR) is 85.2 cm³/mol. The highest BCUT2D eigenvalue weighted by molar-refractivity contribution is 5.92. The number of aliphatic hydroxyl groups excluding tert-OH is 1. The van der Waals surface area contributed by atoms with E-state index in [1.54, 1.807) is 36.3 Å². The fraction of sp³-hybridized carbons (Fsp3) is 0.412. The average Bonchev–Trinajstić information content (AvgIpc) is 2.90. The summed E-state index contributed by atoms with van der Waals surface area (Å²) in [5.41, 5.74) is 0.508. The molecule has 1 N–H and O–H groups in total. The van der Waals surface area contributed by atoms with Crippen LogP contribution >= 0.6 is 0 Å². The van der Waals surface area contributed by atoms with Gasteiger partial charge >= 0.3 is 0 Å². The Kier molecular flexibility index (Phi) is 4.80. The van der Waals surface area contributed by atoms with Gasteiger partial charge in [0.25, 0.3) is 5.91 Å². The van der Waals surface area contributed by atoms with Crippen molar-refractivity contribution in [2.24, 2.45) is 7.05 Å². The van der Waals surface area contributed by atoms with E-state index in [1.165, 1.54) is 16.8 Å². The molecule has 0 saturated carbocycles. The lowest BCUT2D eigenvalue weighted by atomic mass is 10.1. The number of aromatic nitrogens is 2. The molecule has 2 aromatic rings. The first-order valence-corrected chi connectivity index (χ1v) is 7.92. The van der Waals surface area contributed by atoms with Crippen LogP contribution in [-0.2, 0) is 7.05 Å². The smallest absolute Gasteiger partial charge is 0.272 e. The molecule has 128 valence electrons. The third-order valence-electron chi connectivity index (χ3n) is 4.22. The molecule has 1 aromatic heterocycles. The Hall–Kier alpha value is -2.41. The summed E-state index contributed by atoms with van der Waals surface area (Å²) < 4.78 is 20.5. The maximum absolute atomic E-state index is 13.3. The van der Waals surface area contributed by atoms with Gasteiger partial charge in [-0.05, 0) is 24.6 Å². The van der Waals surface area contributed by atoms with E-state index in [0.717, 1.165) is 0 Å². The van der Waals surface area contributed by atoms with E-state index in [1.807, 2.05) is 0 Å². The summed E-state index contributed by atoms with van der Waals surface area (Å²) in [4.78, 5) is 14.2. The molecular formula is C17H20FN3O3. The second kappa shape index (κ2) is 7.00. The zero-order valence-electron chi connectivity index (χ0n) is 13.4. The number of benzene rings is 1. The minimum Gasteiger partial charge on any atom is -0.488 e. The zero-order chi connectivity index (χ0) is 17.1. The number of aryl methyl sites for hydroxylation is 1. The van der Waals surface area contributed by atoms with Gasteiger partial charge in [0, 0.05) is 38.8 Å². The molecule has 0 aliphatic carbocycles. The fourth-order valence-corrected chi connectivity index (χ4v) is 2.86. The van der Waals surface area contributed by atoms with Gasteiger partial charge in [0.2, 0.25) is 0 Å². The molecule has 1 aliphatic heterocycles. The molecule has 6 nitrogen and oxygen atoms in total. The number of likely N-dealkylation sites (tertiary alicyclic amines) is 1. The number of hydrogen-bond donors (Lipinski definition) is 1. The van der Waals surface area contributed by atoms with Crippen molar-refractivity contribution in [3.8, 4) is 5.75 Å². The molecule has 24 heavy (non-hydrogen) atoms. The van der Waals surface area contributed by atoms with Crippen molar-refractivity contribution < 1.29 is 19.0 Å². The van der Waals surface area contributed by atoms with Crippen molar-refractivity contribution in [2.45, 2.75) is 25.0 Å². The topological polar surface area (TPSA) is 67.6 Å². The first kappa shape index (κ1) is 16.4. The number of aliphatic hydroxyl groups is 1. The number of rotatable bonds is 3. The summed E-state index contributed by atoms with van der Waals surface area (Å²) >= 11 is 0. The van der Waals surface area contributed by atoms with E-state index in [4.69, 9.17) is 4.74 Å². The summed E-state index contributed by atoms with van der Waals surface area (Å²) in [6.45, 7) is 0.898. The monoisotopic (exact) mass is 333 g/mol. The first-order valence-electron chi connectivity index (χ1n) is 7.92. The SMILES string of the molecule is Cn1nccc1C(=O)N1CC[C@H](Oc2cccc(F)c2)[C@@H](O)CC1. The normalized spacial score (nSPS) is 21.4. The maximum Gasteiger partial charge on any atom is 0.272 e. The third kappa shape index (κ3) is 3.56. The lowest BCUT2D eigenvalue weighted by Gasteiger charge is -2.21. The highest BCUT2D eigenvalue weighted by Gasteiger charge is 2.29. The summed E-state index contributed by atoms with van der Waals surface area (Å²) in [6, 6.07) is 7.51. The van der Waals surface area contributed by atoms with E-state index in [-0.39, 0.29) is 11.7 Å². The van der Waals surface area contributed by atoms with E-state index >= 15 is 0 Å². The van der Waals surface area contributed by atoms with Crippen LogP contribution in [-0.4, -0.2) is 51.0 Å². The highest BCUT2D eigenvalue weighted by Crippen LogP contribution is 2.21. The van der Waals surface area contributed by atoms with Crippen molar-refractivity contribution in [3.63, 3.8) is 0 Å². The van der Waals surface area contributed by atoms with Crippen molar-refractivity contribution in [3.05, 3.63) is 48.0 Å². The number of carbonyl (C=O) groups excluding carboxylic acids is 1. The quantitative estimate of drug-likeness (QED) is 0.926. The first-order chi connectivity index (χ1) is 11.5. The number of halogens is 1. The standard InChI is InChI=1S/C17H20FN3O3/c1-20-14(5-8-19-20)17(23)21-9-6-15(22)16(7-10-21)24-13-4-2-3-12(18)11-13/h2-5,8,11,15-16,22H,6-7,9-10H2,1H3/t15-,16-/m0/s1. The van der Waals surface area contributed by atoms with Crippen molar-refractivity contribution in [1.82, 2.24) is 14.7 Å². The zero-order valence-corrected chi connectivity index (χ0v) is 13.4. The molecule has 0 unspecified atom stereocenters. The number of amides is 1. The number of ether oxygens (including phenoxy) is 1. The molecule has 1 saturated heterocycles. The van der Waals surface area contributed by atoms with Gasteiger partial charge < -0.3 is 14.7 Å². The molecule has 2 atom stereocenters. The number of carbonyl (C=O) groups is 1. The Balaban J connectivity index is 1.67. The molecule has 1 aromatic carbocycles. The van der Waals surface area contributed by atoms with Crippen LogP contribution in [0.3, 0.4) is 0 Å². The highest BCUT2D eigenvalue weighted by atomic mass is 19.1. The van der Waals surface area contributed by atoms with Gasteiger partial charge in [-0.15, -0.1) is 0 Å². The van der Waals surface area contributed by atoms with Crippen molar-refractivity contribution in [1.29, 1.82) is 0 Å².